The third kappa shape index (κ3) is 6.14. The van der Waals surface area contributed by atoms with Gasteiger partial charge in [-0.1, -0.05) is 39.8 Å². The van der Waals surface area contributed by atoms with Crippen molar-refractivity contribution in [2.45, 2.75) is 40.2 Å². The molecule has 7 nitrogen and oxygen atoms in total. The molecule has 2 aliphatic heterocycles. The first-order valence-electron chi connectivity index (χ1n) is 12.4. The average Bonchev–Trinajstić information content (AvgIpc) is 2.88. The Labute approximate surface area is 209 Å². The molecule has 2 aromatic rings. The molecular weight excluding hydrogens is 442 g/mol. The first-order chi connectivity index (χ1) is 16.8. The van der Waals surface area contributed by atoms with Gasteiger partial charge in [0.25, 0.3) is 5.91 Å². The molecule has 2 heterocycles. The van der Waals surface area contributed by atoms with Crippen LogP contribution in [0.3, 0.4) is 0 Å². The number of methoxy groups -OCH3 is 1. The van der Waals surface area contributed by atoms with Gasteiger partial charge in [-0.15, -0.1) is 0 Å². The highest BCUT2D eigenvalue weighted by Gasteiger charge is 2.36. The Bertz CT molecular complexity index is 1030. The van der Waals surface area contributed by atoms with E-state index in [1.54, 1.807) is 7.05 Å². The van der Waals surface area contributed by atoms with Crippen LogP contribution in [0.15, 0.2) is 42.5 Å². The van der Waals surface area contributed by atoms with Gasteiger partial charge < -0.3 is 24.6 Å². The summed E-state index contributed by atoms with van der Waals surface area (Å²) in [5, 5.41) is 3.73. The van der Waals surface area contributed by atoms with E-state index in [0.29, 0.717) is 5.56 Å². The number of amides is 1. The van der Waals surface area contributed by atoms with Crippen molar-refractivity contribution in [1.82, 2.24) is 4.90 Å². The first-order valence-corrected chi connectivity index (χ1v) is 12.4. The Balaban J connectivity index is 0.00000167. The summed E-state index contributed by atoms with van der Waals surface area (Å²) in [5.74, 6) is -0.630. The highest BCUT2D eigenvalue weighted by Crippen LogP contribution is 2.45. The molecule has 0 aliphatic carbocycles. The van der Waals surface area contributed by atoms with Gasteiger partial charge in [-0.05, 0) is 53.3 Å². The topological polar surface area (TPSA) is 71.1 Å². The summed E-state index contributed by atoms with van der Waals surface area (Å²) in [6.45, 7) is 11.8. The summed E-state index contributed by atoms with van der Waals surface area (Å²) in [5.41, 5.74) is 5.16. The van der Waals surface area contributed by atoms with Gasteiger partial charge in [0.05, 0.1) is 26.4 Å². The number of fused-ring (bicyclic) bond motifs is 1. The Morgan fingerprint density at radius 2 is 1.86 bits per heavy atom. The Morgan fingerprint density at radius 3 is 2.54 bits per heavy atom. The Hall–Kier alpha value is -3.06. The molecule has 1 amide bonds. The summed E-state index contributed by atoms with van der Waals surface area (Å²) in [6, 6.07) is 14.7. The molecule has 4 rings (SSSR count). The minimum Gasteiger partial charge on any atom is -0.468 e. The number of carbonyl (C=O) groups is 2. The summed E-state index contributed by atoms with van der Waals surface area (Å²) >= 11 is 0. The fourth-order valence-corrected chi connectivity index (χ4v) is 4.77. The lowest BCUT2D eigenvalue weighted by atomic mass is 9.72. The van der Waals surface area contributed by atoms with E-state index in [1.165, 1.54) is 23.3 Å². The van der Waals surface area contributed by atoms with Crippen LogP contribution in [0, 0.1) is 5.41 Å². The highest BCUT2D eigenvalue weighted by molar-refractivity contribution is 5.96. The van der Waals surface area contributed by atoms with Gasteiger partial charge in [0.15, 0.2) is 0 Å². The Kier molecular flexibility index (Phi) is 8.78. The van der Waals surface area contributed by atoms with Crippen molar-refractivity contribution < 1.29 is 19.1 Å². The number of benzene rings is 2. The third-order valence-electron chi connectivity index (χ3n) is 6.60. The van der Waals surface area contributed by atoms with Crippen molar-refractivity contribution in [3.05, 3.63) is 59.2 Å². The largest absolute Gasteiger partial charge is 0.468 e. The molecule has 1 unspecified atom stereocenters. The smallest absolute Gasteiger partial charge is 0.325 e. The Morgan fingerprint density at radius 1 is 1.14 bits per heavy atom. The maximum absolute atomic E-state index is 12.8. The van der Waals surface area contributed by atoms with Crippen molar-refractivity contribution in [1.29, 1.82) is 0 Å². The fraction of sp³-hybridized carbons (Fsp3) is 0.500. The third-order valence-corrected chi connectivity index (χ3v) is 6.60. The summed E-state index contributed by atoms with van der Waals surface area (Å²) in [4.78, 5) is 28.1. The van der Waals surface area contributed by atoms with E-state index in [2.05, 4.69) is 53.1 Å². The van der Waals surface area contributed by atoms with E-state index in [0.717, 1.165) is 44.0 Å². The number of nitrogens with one attached hydrogen (secondary N) is 1. The van der Waals surface area contributed by atoms with Gasteiger partial charge in [0, 0.05) is 37.1 Å². The number of hydrogen-bond acceptors (Lipinski definition) is 6. The normalized spacial score (nSPS) is 18.3. The van der Waals surface area contributed by atoms with Gasteiger partial charge in [0.2, 0.25) is 0 Å². The van der Waals surface area contributed by atoms with Gasteiger partial charge >= 0.3 is 5.97 Å². The number of esters is 1. The average molecular weight is 482 g/mol. The highest BCUT2D eigenvalue weighted by atomic mass is 16.5. The van der Waals surface area contributed by atoms with Crippen LogP contribution in [0.4, 0.5) is 11.4 Å². The number of ether oxygens (including phenoxy) is 2. The SMILES string of the molecule is CC.COC(=O)CN(C)C(=O)c1ccc2c(c1)CC(C)(C)C(c1cccc(N3CCOCC3)c1)N2. The number of anilines is 2. The van der Waals surface area contributed by atoms with Crippen LogP contribution < -0.4 is 10.2 Å². The second kappa shape index (κ2) is 11.6. The quantitative estimate of drug-likeness (QED) is 0.633. The maximum atomic E-state index is 12.8. The van der Waals surface area contributed by atoms with Gasteiger partial charge in [-0.3, -0.25) is 9.59 Å². The number of nitrogens with zero attached hydrogens (tertiary/aromatic N) is 2. The van der Waals surface area contributed by atoms with Gasteiger partial charge in [-0.25, -0.2) is 0 Å². The molecule has 7 heteroatoms. The van der Waals surface area contributed by atoms with E-state index < -0.39 is 5.97 Å². The van der Waals surface area contributed by atoms with Crippen LogP contribution in [0.2, 0.25) is 0 Å². The molecule has 35 heavy (non-hydrogen) atoms. The lowest BCUT2D eigenvalue weighted by molar-refractivity contribution is -0.141. The zero-order chi connectivity index (χ0) is 25.6. The second-order valence-electron chi connectivity index (χ2n) is 9.55. The standard InChI is InChI=1S/C26H33N3O4.C2H6/c1-26(2)16-20-14-19(25(31)28(3)17-23(30)32-4)8-9-22(20)27-24(26)18-6-5-7-21(15-18)29-10-12-33-13-11-29;1-2/h5-9,14-15,24,27H,10-13,16-17H2,1-4H3;1-2H3. The minimum absolute atomic E-state index is 0.0593. The van der Waals surface area contributed by atoms with Crippen LogP contribution >= 0.6 is 0 Å². The van der Waals surface area contributed by atoms with E-state index >= 15 is 0 Å². The molecule has 0 bridgehead atoms. The monoisotopic (exact) mass is 481 g/mol. The lowest BCUT2D eigenvalue weighted by Gasteiger charge is -2.42. The molecule has 2 aliphatic rings. The number of morpholine rings is 1. The molecule has 190 valence electrons. The lowest BCUT2D eigenvalue weighted by Crippen LogP contribution is -2.37. The minimum atomic E-state index is -0.436. The van der Waals surface area contributed by atoms with E-state index in [1.807, 2.05) is 32.0 Å². The van der Waals surface area contributed by atoms with Crippen molar-refractivity contribution >= 4 is 23.3 Å². The predicted molar refractivity (Wildman–Crippen MR) is 140 cm³/mol. The van der Waals surface area contributed by atoms with Crippen LogP contribution in [0.5, 0.6) is 0 Å². The van der Waals surface area contributed by atoms with Crippen molar-refractivity contribution in [2.75, 3.05) is 57.2 Å². The van der Waals surface area contributed by atoms with Crippen LogP contribution in [-0.2, 0) is 20.7 Å². The summed E-state index contributed by atoms with van der Waals surface area (Å²) in [7, 11) is 2.93. The van der Waals surface area contributed by atoms with E-state index in [4.69, 9.17) is 4.74 Å². The zero-order valence-corrected chi connectivity index (χ0v) is 21.9. The molecular formula is C28H39N3O4. The van der Waals surface area contributed by atoms with Crippen molar-refractivity contribution in [3.63, 3.8) is 0 Å². The first kappa shape index (κ1) is 26.5. The van der Waals surface area contributed by atoms with Crippen LogP contribution in [0.25, 0.3) is 0 Å². The van der Waals surface area contributed by atoms with E-state index in [9.17, 15) is 9.59 Å². The molecule has 1 saturated heterocycles. The number of likely N-dealkylation sites (N-methyl/N-ethyl adjacent to an activating group) is 1. The summed E-state index contributed by atoms with van der Waals surface area (Å²) < 4.78 is 10.2. The molecule has 0 aromatic heterocycles. The molecule has 0 spiro atoms. The van der Waals surface area contributed by atoms with Gasteiger partial charge in [0.1, 0.15) is 6.54 Å². The summed E-state index contributed by atoms with van der Waals surface area (Å²) in [6.07, 6.45) is 0.837. The molecule has 1 atom stereocenters. The van der Waals surface area contributed by atoms with E-state index in [-0.39, 0.29) is 23.9 Å². The van der Waals surface area contributed by atoms with Gasteiger partial charge in [-0.2, -0.15) is 0 Å². The van der Waals surface area contributed by atoms with Crippen molar-refractivity contribution in [3.8, 4) is 0 Å². The van der Waals surface area contributed by atoms with Crippen molar-refractivity contribution in [2.24, 2.45) is 5.41 Å². The number of carbonyl (C=O) groups excluding carboxylic acids is 2. The molecule has 1 N–H and O–H groups in total. The molecule has 1 fully saturated rings. The second-order valence-corrected chi connectivity index (χ2v) is 9.55. The predicted octanol–water partition coefficient (Wildman–Crippen LogP) is 4.53. The molecule has 0 saturated carbocycles. The molecule has 0 radical (unpaired) electrons. The number of hydrogen-bond donors (Lipinski definition) is 1. The fourth-order valence-electron chi connectivity index (χ4n) is 4.77. The number of rotatable bonds is 5. The zero-order valence-electron chi connectivity index (χ0n) is 21.9. The maximum Gasteiger partial charge on any atom is 0.325 e. The van der Waals surface area contributed by atoms with Crippen LogP contribution in [0.1, 0.15) is 55.2 Å². The molecule has 2 aromatic carbocycles. The van der Waals surface area contributed by atoms with Crippen LogP contribution in [-0.4, -0.2) is 63.8 Å².